The van der Waals surface area contributed by atoms with Crippen LogP contribution in [-0.4, -0.2) is 39.9 Å². The summed E-state index contributed by atoms with van der Waals surface area (Å²) in [4.78, 5) is 2.55. The summed E-state index contributed by atoms with van der Waals surface area (Å²) < 4.78 is 2.00. The molecule has 4 heteroatoms. The zero-order chi connectivity index (χ0) is 11.7. The Morgan fingerprint density at radius 2 is 2.00 bits per heavy atom. The van der Waals surface area contributed by atoms with Crippen LogP contribution in [-0.2, 0) is 13.6 Å². The Morgan fingerprint density at radius 1 is 1.38 bits per heavy atom. The van der Waals surface area contributed by atoms with Crippen LogP contribution in [0.4, 0.5) is 0 Å². The van der Waals surface area contributed by atoms with E-state index in [1.54, 1.807) is 0 Å². The Bertz CT molecular complexity index is 348. The van der Waals surface area contributed by atoms with E-state index in [4.69, 9.17) is 0 Å². The number of nitrogens with one attached hydrogen (secondary N) is 1. The fourth-order valence-electron chi connectivity index (χ4n) is 2.48. The maximum absolute atomic E-state index is 4.40. The third kappa shape index (κ3) is 2.28. The zero-order valence-corrected chi connectivity index (χ0v) is 10.7. The first-order chi connectivity index (χ1) is 7.58. The highest BCUT2D eigenvalue weighted by Gasteiger charge is 2.25. The number of aromatic nitrogens is 2. The average Bonchev–Trinajstić information content (AvgIpc) is 2.51. The van der Waals surface area contributed by atoms with E-state index >= 15 is 0 Å². The fraction of sp³-hybridized carbons (Fsp3) is 0.750. The largest absolute Gasteiger partial charge is 0.314 e. The minimum Gasteiger partial charge on any atom is -0.314 e. The number of rotatable bonds is 2. The topological polar surface area (TPSA) is 33.1 Å². The summed E-state index contributed by atoms with van der Waals surface area (Å²) in [5.41, 5.74) is 2.41. The Hall–Kier alpha value is -0.870. The van der Waals surface area contributed by atoms with E-state index in [0.29, 0.717) is 12.1 Å². The molecule has 16 heavy (non-hydrogen) atoms. The number of piperazine rings is 1. The summed E-state index contributed by atoms with van der Waals surface area (Å²) in [5.74, 6) is 0. The van der Waals surface area contributed by atoms with E-state index in [2.05, 4.69) is 35.2 Å². The molecule has 1 N–H and O–H groups in total. The van der Waals surface area contributed by atoms with Crippen LogP contribution in [0.5, 0.6) is 0 Å². The zero-order valence-electron chi connectivity index (χ0n) is 10.7. The minimum atomic E-state index is 0.596. The SMILES string of the molecule is Cc1cc(CN2C(C)CNCC2C)n(C)n1. The molecule has 1 saturated heterocycles. The quantitative estimate of drug-likeness (QED) is 0.807. The molecule has 2 atom stereocenters. The van der Waals surface area contributed by atoms with E-state index in [1.807, 2.05) is 18.7 Å². The third-order valence-corrected chi connectivity index (χ3v) is 3.46. The molecule has 2 heterocycles. The van der Waals surface area contributed by atoms with Crippen LogP contribution in [0, 0.1) is 6.92 Å². The van der Waals surface area contributed by atoms with Crippen molar-refractivity contribution in [2.24, 2.45) is 7.05 Å². The van der Waals surface area contributed by atoms with Gasteiger partial charge in [-0.15, -0.1) is 0 Å². The van der Waals surface area contributed by atoms with Crippen LogP contribution in [0.25, 0.3) is 0 Å². The predicted molar refractivity (Wildman–Crippen MR) is 65.3 cm³/mol. The second kappa shape index (κ2) is 4.55. The molecule has 0 spiro atoms. The number of hydrogen-bond donors (Lipinski definition) is 1. The summed E-state index contributed by atoms with van der Waals surface area (Å²) in [7, 11) is 2.03. The molecule has 2 rings (SSSR count). The van der Waals surface area contributed by atoms with Crippen LogP contribution in [0.15, 0.2) is 6.07 Å². The lowest BCUT2D eigenvalue weighted by Gasteiger charge is -2.39. The van der Waals surface area contributed by atoms with Crippen molar-refractivity contribution in [1.29, 1.82) is 0 Å². The van der Waals surface area contributed by atoms with Crippen molar-refractivity contribution >= 4 is 0 Å². The van der Waals surface area contributed by atoms with Gasteiger partial charge in [0.2, 0.25) is 0 Å². The van der Waals surface area contributed by atoms with Crippen LogP contribution in [0.1, 0.15) is 25.2 Å². The lowest BCUT2D eigenvalue weighted by molar-refractivity contribution is 0.106. The molecule has 90 valence electrons. The molecule has 1 fully saturated rings. The van der Waals surface area contributed by atoms with Crippen molar-refractivity contribution in [2.45, 2.75) is 39.4 Å². The van der Waals surface area contributed by atoms with E-state index in [1.165, 1.54) is 5.69 Å². The van der Waals surface area contributed by atoms with Gasteiger partial charge in [0.05, 0.1) is 11.4 Å². The van der Waals surface area contributed by atoms with E-state index in [0.717, 1.165) is 25.3 Å². The molecule has 0 radical (unpaired) electrons. The summed E-state index contributed by atoms with van der Waals surface area (Å²) in [5, 5.41) is 7.86. The Labute approximate surface area is 97.6 Å². The molecule has 0 bridgehead atoms. The highest BCUT2D eigenvalue weighted by atomic mass is 15.3. The molecule has 0 aromatic carbocycles. The van der Waals surface area contributed by atoms with E-state index in [9.17, 15) is 0 Å². The second-order valence-corrected chi connectivity index (χ2v) is 4.93. The van der Waals surface area contributed by atoms with Crippen LogP contribution in [0.2, 0.25) is 0 Å². The lowest BCUT2D eigenvalue weighted by atomic mass is 10.1. The minimum absolute atomic E-state index is 0.596. The van der Waals surface area contributed by atoms with Crippen LogP contribution >= 0.6 is 0 Å². The van der Waals surface area contributed by atoms with Crippen molar-refractivity contribution < 1.29 is 0 Å². The van der Waals surface area contributed by atoms with Gasteiger partial charge in [-0.25, -0.2) is 0 Å². The lowest BCUT2D eigenvalue weighted by Crippen LogP contribution is -2.54. The summed E-state index contributed by atoms with van der Waals surface area (Å²) in [6.45, 7) is 9.79. The first kappa shape index (κ1) is 11.6. The van der Waals surface area contributed by atoms with Crippen LogP contribution in [0.3, 0.4) is 0 Å². The summed E-state index contributed by atoms with van der Waals surface area (Å²) in [6, 6.07) is 3.37. The van der Waals surface area contributed by atoms with Gasteiger partial charge in [-0.3, -0.25) is 9.58 Å². The Kier molecular flexibility index (Phi) is 3.30. The standard InChI is InChI=1S/C12H22N4/c1-9-5-12(15(4)14-9)8-16-10(2)6-13-7-11(16)3/h5,10-11,13H,6-8H2,1-4H3. The molecule has 0 saturated carbocycles. The van der Waals surface area contributed by atoms with E-state index < -0.39 is 0 Å². The number of aryl methyl sites for hydroxylation is 2. The van der Waals surface area contributed by atoms with Gasteiger partial charge in [0, 0.05) is 38.8 Å². The van der Waals surface area contributed by atoms with Gasteiger partial charge >= 0.3 is 0 Å². The van der Waals surface area contributed by atoms with Gasteiger partial charge in [0.1, 0.15) is 0 Å². The molecule has 1 aliphatic rings. The monoisotopic (exact) mass is 222 g/mol. The van der Waals surface area contributed by atoms with Gasteiger partial charge in [-0.05, 0) is 26.8 Å². The third-order valence-electron chi connectivity index (χ3n) is 3.46. The van der Waals surface area contributed by atoms with Gasteiger partial charge in [0.15, 0.2) is 0 Å². The van der Waals surface area contributed by atoms with Crippen molar-refractivity contribution in [3.05, 3.63) is 17.5 Å². The van der Waals surface area contributed by atoms with Gasteiger partial charge < -0.3 is 5.32 Å². The molecule has 4 nitrogen and oxygen atoms in total. The Balaban J connectivity index is 2.10. The number of nitrogens with zero attached hydrogens (tertiary/aromatic N) is 3. The van der Waals surface area contributed by atoms with Crippen molar-refractivity contribution in [1.82, 2.24) is 20.0 Å². The maximum atomic E-state index is 4.40. The van der Waals surface area contributed by atoms with Crippen molar-refractivity contribution in [3.63, 3.8) is 0 Å². The second-order valence-electron chi connectivity index (χ2n) is 4.93. The average molecular weight is 222 g/mol. The molecule has 0 aliphatic carbocycles. The first-order valence-electron chi connectivity index (χ1n) is 6.04. The highest BCUT2D eigenvalue weighted by Crippen LogP contribution is 2.14. The normalized spacial score (nSPS) is 27.2. The summed E-state index contributed by atoms with van der Waals surface area (Å²) in [6.07, 6.45) is 0. The van der Waals surface area contributed by atoms with Crippen molar-refractivity contribution in [3.8, 4) is 0 Å². The molecule has 0 amide bonds. The predicted octanol–water partition coefficient (Wildman–Crippen LogP) is 0.911. The maximum Gasteiger partial charge on any atom is 0.0597 e. The number of hydrogen-bond acceptors (Lipinski definition) is 3. The van der Waals surface area contributed by atoms with Gasteiger partial charge in [-0.1, -0.05) is 0 Å². The van der Waals surface area contributed by atoms with Gasteiger partial charge in [0.25, 0.3) is 0 Å². The first-order valence-corrected chi connectivity index (χ1v) is 6.04. The molecule has 1 aromatic rings. The van der Waals surface area contributed by atoms with Crippen LogP contribution < -0.4 is 5.32 Å². The summed E-state index contributed by atoms with van der Waals surface area (Å²) >= 11 is 0. The molecule has 2 unspecified atom stereocenters. The smallest absolute Gasteiger partial charge is 0.0597 e. The van der Waals surface area contributed by atoms with Gasteiger partial charge in [-0.2, -0.15) is 5.10 Å². The van der Waals surface area contributed by atoms with E-state index in [-0.39, 0.29) is 0 Å². The molecule has 1 aliphatic heterocycles. The molecular formula is C12H22N4. The highest BCUT2D eigenvalue weighted by molar-refractivity contribution is 5.09. The van der Waals surface area contributed by atoms with Crippen molar-refractivity contribution in [2.75, 3.05) is 13.1 Å². The Morgan fingerprint density at radius 3 is 2.50 bits per heavy atom. The fourth-order valence-corrected chi connectivity index (χ4v) is 2.48. The molecular weight excluding hydrogens is 200 g/mol. The molecule has 1 aromatic heterocycles.